The molecule has 0 amide bonds. The number of imidazole rings is 1. The Morgan fingerprint density at radius 3 is 2.03 bits per heavy atom. The van der Waals surface area contributed by atoms with E-state index in [-0.39, 0.29) is 5.69 Å². The van der Waals surface area contributed by atoms with Crippen LogP contribution in [0.3, 0.4) is 0 Å². The third-order valence-corrected chi connectivity index (χ3v) is 4.70. The maximum atomic E-state index is 12.1. The normalized spacial score (nSPS) is 10.6. The Kier molecular flexibility index (Phi) is 5.12. The molecule has 0 fully saturated rings. The fourth-order valence-electron chi connectivity index (χ4n) is 3.17. The van der Waals surface area contributed by atoms with Crippen LogP contribution < -0.4 is 4.74 Å². The summed E-state index contributed by atoms with van der Waals surface area (Å²) in [5.74, 6) is 0.937. The number of carbonyl (C=O) groups is 1. The lowest BCUT2D eigenvalue weighted by atomic mass is 10.1. The molecule has 0 spiro atoms. The first kappa shape index (κ1) is 18.5. The molecule has 0 aliphatic rings. The van der Waals surface area contributed by atoms with Crippen LogP contribution in [-0.4, -0.2) is 29.7 Å². The lowest BCUT2D eigenvalue weighted by molar-refractivity contribution is 0.0594. The second-order valence-electron chi connectivity index (χ2n) is 6.45. The van der Waals surface area contributed by atoms with Gasteiger partial charge in [-0.2, -0.15) is 0 Å². The zero-order valence-electron chi connectivity index (χ0n) is 16.2. The summed E-state index contributed by atoms with van der Waals surface area (Å²) in [6.07, 6.45) is 1.70. The number of rotatable bonds is 5. The predicted octanol–water partition coefficient (Wildman–Crippen LogP) is 5.00. The van der Waals surface area contributed by atoms with E-state index in [4.69, 9.17) is 9.47 Å². The minimum atomic E-state index is -0.473. The van der Waals surface area contributed by atoms with Gasteiger partial charge in [-0.05, 0) is 47.5 Å². The zero-order chi connectivity index (χ0) is 20.2. The first-order valence-corrected chi connectivity index (χ1v) is 9.17. The summed E-state index contributed by atoms with van der Waals surface area (Å²) < 4.78 is 12.0. The fraction of sp³-hybridized carbons (Fsp3) is 0.0833. The van der Waals surface area contributed by atoms with Crippen molar-refractivity contribution in [2.45, 2.75) is 0 Å². The Balaban J connectivity index is 1.77. The minimum Gasteiger partial charge on any atom is -0.497 e. The van der Waals surface area contributed by atoms with E-state index < -0.39 is 5.97 Å². The number of hydrogen-bond acceptors (Lipinski definition) is 4. The molecule has 5 nitrogen and oxygen atoms in total. The largest absolute Gasteiger partial charge is 0.497 e. The molecule has 0 saturated heterocycles. The van der Waals surface area contributed by atoms with Crippen LogP contribution in [0.5, 0.6) is 5.75 Å². The van der Waals surface area contributed by atoms with Gasteiger partial charge in [0, 0.05) is 17.4 Å². The molecule has 0 saturated carbocycles. The smallest absolute Gasteiger partial charge is 0.358 e. The van der Waals surface area contributed by atoms with Crippen LogP contribution in [0, 0.1) is 0 Å². The third kappa shape index (κ3) is 3.75. The van der Waals surface area contributed by atoms with Gasteiger partial charge in [-0.3, -0.25) is 4.57 Å². The number of nitrogens with zero attached hydrogens (tertiary/aromatic N) is 2. The Bertz CT molecular complexity index is 1120. The van der Waals surface area contributed by atoms with Crippen LogP contribution in [0.1, 0.15) is 10.5 Å². The number of methoxy groups -OCH3 is 2. The molecule has 29 heavy (non-hydrogen) atoms. The Morgan fingerprint density at radius 2 is 1.41 bits per heavy atom. The quantitative estimate of drug-likeness (QED) is 0.454. The Hall–Kier alpha value is -3.86. The number of carbonyl (C=O) groups excluding carboxylic acids is 1. The topological polar surface area (TPSA) is 53.4 Å². The minimum absolute atomic E-state index is 0.255. The van der Waals surface area contributed by atoms with Crippen LogP contribution in [0.25, 0.3) is 28.2 Å². The highest BCUT2D eigenvalue weighted by Crippen LogP contribution is 2.27. The molecule has 0 aliphatic carbocycles. The molecular weight excluding hydrogens is 364 g/mol. The Morgan fingerprint density at radius 1 is 0.793 bits per heavy atom. The molecule has 5 heteroatoms. The summed E-state index contributed by atoms with van der Waals surface area (Å²) in [5.41, 5.74) is 4.29. The molecule has 1 heterocycles. The molecule has 0 N–H and O–H groups in total. The fourth-order valence-corrected chi connectivity index (χ4v) is 3.17. The van der Waals surface area contributed by atoms with E-state index in [1.807, 2.05) is 59.2 Å². The lowest BCUT2D eigenvalue weighted by Crippen LogP contribution is -2.01. The molecule has 3 aromatic carbocycles. The van der Waals surface area contributed by atoms with Gasteiger partial charge in [0.1, 0.15) is 11.6 Å². The standard InChI is InChI=1S/C24H20N2O3/c1-28-21-14-10-19(11-15-21)23-25-22(24(27)29-2)16-26(23)20-12-8-18(9-13-20)17-6-4-3-5-7-17/h3-16H,1-2H3. The van der Waals surface area contributed by atoms with E-state index in [0.29, 0.717) is 5.82 Å². The van der Waals surface area contributed by atoms with Gasteiger partial charge in [0.15, 0.2) is 5.69 Å². The Labute approximate surface area is 169 Å². The van der Waals surface area contributed by atoms with Crippen LogP contribution in [-0.2, 0) is 4.74 Å². The summed E-state index contributed by atoms with van der Waals surface area (Å²) in [6, 6.07) is 25.9. The molecule has 0 radical (unpaired) electrons. The first-order chi connectivity index (χ1) is 14.2. The summed E-state index contributed by atoms with van der Waals surface area (Å²) in [6.45, 7) is 0. The molecule has 0 bridgehead atoms. The van der Waals surface area contributed by atoms with Crippen molar-refractivity contribution >= 4 is 5.97 Å². The number of hydrogen-bond donors (Lipinski definition) is 0. The highest BCUT2D eigenvalue weighted by molar-refractivity contribution is 5.88. The van der Waals surface area contributed by atoms with E-state index in [2.05, 4.69) is 29.2 Å². The highest BCUT2D eigenvalue weighted by Gasteiger charge is 2.17. The van der Waals surface area contributed by atoms with Crippen molar-refractivity contribution in [3.63, 3.8) is 0 Å². The van der Waals surface area contributed by atoms with Crippen LogP contribution in [0.4, 0.5) is 0 Å². The number of aromatic nitrogens is 2. The van der Waals surface area contributed by atoms with Crippen molar-refractivity contribution in [3.05, 3.63) is 90.8 Å². The maximum Gasteiger partial charge on any atom is 0.358 e. The van der Waals surface area contributed by atoms with Gasteiger partial charge < -0.3 is 9.47 Å². The summed E-state index contributed by atoms with van der Waals surface area (Å²) in [4.78, 5) is 16.6. The van der Waals surface area contributed by atoms with E-state index in [1.165, 1.54) is 7.11 Å². The van der Waals surface area contributed by atoms with Gasteiger partial charge in [-0.15, -0.1) is 0 Å². The molecular formula is C24H20N2O3. The van der Waals surface area contributed by atoms with Gasteiger partial charge in [0.05, 0.1) is 14.2 Å². The molecule has 4 aromatic rings. The van der Waals surface area contributed by atoms with Crippen LogP contribution in [0.15, 0.2) is 85.1 Å². The van der Waals surface area contributed by atoms with Gasteiger partial charge >= 0.3 is 5.97 Å². The first-order valence-electron chi connectivity index (χ1n) is 9.17. The average Bonchev–Trinajstić information content (AvgIpc) is 3.25. The van der Waals surface area contributed by atoms with Crippen molar-refractivity contribution in [1.29, 1.82) is 0 Å². The molecule has 144 valence electrons. The van der Waals surface area contributed by atoms with Crippen LogP contribution >= 0.6 is 0 Å². The molecule has 0 atom stereocenters. The highest BCUT2D eigenvalue weighted by atomic mass is 16.5. The monoisotopic (exact) mass is 384 g/mol. The zero-order valence-corrected chi connectivity index (χ0v) is 16.2. The number of benzene rings is 3. The third-order valence-electron chi connectivity index (χ3n) is 4.70. The van der Waals surface area contributed by atoms with Gasteiger partial charge in [-0.1, -0.05) is 42.5 Å². The number of ether oxygens (including phenoxy) is 2. The second-order valence-corrected chi connectivity index (χ2v) is 6.45. The number of esters is 1. The summed E-state index contributed by atoms with van der Waals surface area (Å²) in [7, 11) is 2.97. The molecule has 1 aromatic heterocycles. The van der Waals surface area contributed by atoms with E-state index in [9.17, 15) is 4.79 Å². The molecule has 0 unspecified atom stereocenters. The maximum absolute atomic E-state index is 12.1. The van der Waals surface area contributed by atoms with Gasteiger partial charge in [0.25, 0.3) is 0 Å². The van der Waals surface area contributed by atoms with E-state index in [0.717, 1.165) is 28.1 Å². The summed E-state index contributed by atoms with van der Waals surface area (Å²) >= 11 is 0. The second kappa shape index (κ2) is 8.02. The lowest BCUT2D eigenvalue weighted by Gasteiger charge is -2.10. The van der Waals surface area contributed by atoms with E-state index in [1.54, 1.807) is 13.3 Å². The summed E-state index contributed by atoms with van der Waals surface area (Å²) in [5, 5.41) is 0. The van der Waals surface area contributed by atoms with Crippen molar-refractivity contribution < 1.29 is 14.3 Å². The van der Waals surface area contributed by atoms with Gasteiger partial charge in [-0.25, -0.2) is 9.78 Å². The van der Waals surface area contributed by atoms with Crippen molar-refractivity contribution in [1.82, 2.24) is 9.55 Å². The molecule has 0 aliphatic heterocycles. The van der Waals surface area contributed by atoms with Crippen molar-refractivity contribution in [2.24, 2.45) is 0 Å². The average molecular weight is 384 g/mol. The SMILES string of the molecule is COC(=O)c1cn(-c2ccc(-c3ccccc3)cc2)c(-c2ccc(OC)cc2)n1. The predicted molar refractivity (Wildman–Crippen MR) is 112 cm³/mol. The van der Waals surface area contributed by atoms with Crippen molar-refractivity contribution in [2.75, 3.05) is 14.2 Å². The van der Waals surface area contributed by atoms with Gasteiger partial charge in [0.2, 0.25) is 0 Å². The van der Waals surface area contributed by atoms with Crippen molar-refractivity contribution in [3.8, 4) is 34.0 Å². The van der Waals surface area contributed by atoms with Crippen LogP contribution in [0.2, 0.25) is 0 Å². The molecule has 4 rings (SSSR count). The van der Waals surface area contributed by atoms with E-state index >= 15 is 0 Å².